The second kappa shape index (κ2) is 4.88. The van der Waals surface area contributed by atoms with Crippen molar-refractivity contribution in [2.45, 2.75) is 13.8 Å². The van der Waals surface area contributed by atoms with Crippen LogP contribution in [0.1, 0.15) is 21.6 Å². The zero-order valence-electron chi connectivity index (χ0n) is 11.8. The Hall–Kier alpha value is -2.50. The average Bonchev–Trinajstić information content (AvgIpc) is 2.77. The van der Waals surface area contributed by atoms with Crippen molar-refractivity contribution in [3.05, 3.63) is 29.0 Å². The summed E-state index contributed by atoms with van der Waals surface area (Å²) in [7, 11) is 3.16. The van der Waals surface area contributed by atoms with Crippen LogP contribution in [-0.4, -0.2) is 33.1 Å². The topological polar surface area (TPSA) is 84.6 Å². The van der Waals surface area contributed by atoms with E-state index >= 15 is 0 Å². The standard InChI is InChI=1S/C14H16N2O4/c1-7-5-9(8(2)13(20-4)12(7)17)11-6-10(14(18)19)15-16(11)3/h5-6,17H,1-4H3,(H,18,19). The van der Waals surface area contributed by atoms with Gasteiger partial charge in [0.2, 0.25) is 0 Å². The van der Waals surface area contributed by atoms with Crippen LogP contribution in [0.4, 0.5) is 0 Å². The first-order chi connectivity index (χ1) is 9.36. The quantitative estimate of drug-likeness (QED) is 0.897. The third-order valence-electron chi connectivity index (χ3n) is 3.27. The molecule has 106 valence electrons. The lowest BCUT2D eigenvalue weighted by atomic mass is 10.00. The van der Waals surface area contributed by atoms with E-state index < -0.39 is 5.97 Å². The first-order valence-corrected chi connectivity index (χ1v) is 6.01. The number of phenolic OH excluding ortho intramolecular Hbond substituents is 1. The molecule has 0 saturated heterocycles. The van der Waals surface area contributed by atoms with Crippen LogP contribution in [0.25, 0.3) is 11.3 Å². The van der Waals surface area contributed by atoms with Crippen molar-refractivity contribution in [2.24, 2.45) is 7.05 Å². The summed E-state index contributed by atoms with van der Waals surface area (Å²) in [6.45, 7) is 3.57. The number of carboxylic acid groups (broad SMARTS) is 1. The molecule has 0 aliphatic heterocycles. The molecule has 0 bridgehead atoms. The molecule has 20 heavy (non-hydrogen) atoms. The SMILES string of the molecule is COc1c(C)c(-c2cc(C(=O)O)nn2C)cc(C)c1O. The van der Waals surface area contributed by atoms with Gasteiger partial charge in [-0.2, -0.15) is 5.10 Å². The Bertz CT molecular complexity index is 689. The van der Waals surface area contributed by atoms with Crippen LogP contribution in [0.5, 0.6) is 11.5 Å². The summed E-state index contributed by atoms with van der Waals surface area (Å²) in [4.78, 5) is 11.0. The predicted molar refractivity (Wildman–Crippen MR) is 73.3 cm³/mol. The highest BCUT2D eigenvalue weighted by molar-refractivity contribution is 5.87. The molecular weight excluding hydrogens is 260 g/mol. The van der Waals surface area contributed by atoms with Gasteiger partial charge in [0.1, 0.15) is 0 Å². The number of aromatic carboxylic acids is 1. The largest absolute Gasteiger partial charge is 0.504 e. The second-order valence-corrected chi connectivity index (χ2v) is 4.59. The molecule has 2 aromatic rings. The Balaban J connectivity index is 2.70. The third kappa shape index (κ3) is 2.09. The third-order valence-corrected chi connectivity index (χ3v) is 3.27. The van der Waals surface area contributed by atoms with Gasteiger partial charge in [0, 0.05) is 18.2 Å². The fourth-order valence-electron chi connectivity index (χ4n) is 2.21. The van der Waals surface area contributed by atoms with Crippen LogP contribution < -0.4 is 4.74 Å². The van der Waals surface area contributed by atoms with Crippen molar-refractivity contribution in [1.29, 1.82) is 0 Å². The summed E-state index contributed by atoms with van der Waals surface area (Å²) < 4.78 is 6.72. The highest BCUT2D eigenvalue weighted by Crippen LogP contribution is 2.39. The van der Waals surface area contributed by atoms with Gasteiger partial charge in [-0.05, 0) is 31.5 Å². The maximum Gasteiger partial charge on any atom is 0.356 e. The Kier molecular flexibility index (Phi) is 3.40. The average molecular weight is 276 g/mol. The number of aromatic hydroxyl groups is 1. The minimum atomic E-state index is -1.08. The summed E-state index contributed by atoms with van der Waals surface area (Å²) in [5, 5.41) is 22.9. The molecule has 1 aromatic carbocycles. The number of carboxylic acids is 1. The van der Waals surface area contributed by atoms with Crippen LogP contribution in [0.3, 0.4) is 0 Å². The zero-order chi connectivity index (χ0) is 15.0. The minimum Gasteiger partial charge on any atom is -0.504 e. The molecule has 1 heterocycles. The zero-order valence-corrected chi connectivity index (χ0v) is 11.8. The number of aryl methyl sites for hydroxylation is 2. The van der Waals surface area contributed by atoms with Gasteiger partial charge < -0.3 is 14.9 Å². The van der Waals surface area contributed by atoms with Gasteiger partial charge in [0.25, 0.3) is 0 Å². The van der Waals surface area contributed by atoms with Gasteiger partial charge in [0.05, 0.1) is 12.8 Å². The number of phenols is 1. The lowest BCUT2D eigenvalue weighted by molar-refractivity contribution is 0.0689. The summed E-state index contributed by atoms with van der Waals surface area (Å²) in [5.74, 6) is -0.598. The lowest BCUT2D eigenvalue weighted by Crippen LogP contribution is -2.00. The van der Waals surface area contributed by atoms with Crippen LogP contribution in [0.15, 0.2) is 12.1 Å². The minimum absolute atomic E-state index is 0.0217. The second-order valence-electron chi connectivity index (χ2n) is 4.59. The van der Waals surface area contributed by atoms with Crippen molar-refractivity contribution < 1.29 is 19.7 Å². The number of rotatable bonds is 3. The summed E-state index contributed by atoms with van der Waals surface area (Å²) in [6.07, 6.45) is 0. The molecule has 0 radical (unpaired) electrons. The normalized spacial score (nSPS) is 10.6. The molecular formula is C14H16N2O4. The molecule has 0 fully saturated rings. The number of ether oxygens (including phenoxy) is 1. The molecule has 0 atom stereocenters. The highest BCUT2D eigenvalue weighted by Gasteiger charge is 2.19. The maximum atomic E-state index is 11.0. The maximum absolute atomic E-state index is 11.0. The highest BCUT2D eigenvalue weighted by atomic mass is 16.5. The van der Waals surface area contributed by atoms with Crippen LogP contribution >= 0.6 is 0 Å². The van der Waals surface area contributed by atoms with E-state index in [-0.39, 0.29) is 11.4 Å². The van der Waals surface area contributed by atoms with Crippen molar-refractivity contribution in [3.63, 3.8) is 0 Å². The van der Waals surface area contributed by atoms with Gasteiger partial charge in [-0.3, -0.25) is 4.68 Å². The molecule has 0 amide bonds. The molecule has 0 aliphatic carbocycles. The van der Waals surface area contributed by atoms with Crippen molar-refractivity contribution in [3.8, 4) is 22.8 Å². The molecule has 2 rings (SSSR count). The first kappa shape index (κ1) is 13.9. The number of methoxy groups -OCH3 is 1. The van der Waals surface area contributed by atoms with Gasteiger partial charge in [-0.15, -0.1) is 0 Å². The molecule has 0 spiro atoms. The van der Waals surface area contributed by atoms with E-state index in [2.05, 4.69) is 5.10 Å². The number of benzene rings is 1. The van der Waals surface area contributed by atoms with Gasteiger partial charge in [-0.1, -0.05) is 0 Å². The Labute approximate surface area is 116 Å². The van der Waals surface area contributed by atoms with Crippen LogP contribution in [-0.2, 0) is 7.05 Å². The molecule has 0 saturated carbocycles. The van der Waals surface area contributed by atoms with E-state index in [1.807, 2.05) is 0 Å². The van der Waals surface area contributed by atoms with E-state index in [4.69, 9.17) is 9.84 Å². The van der Waals surface area contributed by atoms with E-state index in [0.717, 1.165) is 11.1 Å². The fraction of sp³-hybridized carbons (Fsp3) is 0.286. The molecule has 0 aliphatic rings. The molecule has 2 N–H and O–H groups in total. The van der Waals surface area contributed by atoms with Crippen molar-refractivity contribution in [2.75, 3.05) is 7.11 Å². The van der Waals surface area contributed by atoms with E-state index in [1.165, 1.54) is 17.9 Å². The molecule has 6 nitrogen and oxygen atoms in total. The molecule has 0 unspecified atom stereocenters. The van der Waals surface area contributed by atoms with Gasteiger partial charge in [-0.25, -0.2) is 4.79 Å². The predicted octanol–water partition coefficient (Wildman–Crippen LogP) is 2.12. The summed E-state index contributed by atoms with van der Waals surface area (Å²) >= 11 is 0. The van der Waals surface area contributed by atoms with Crippen molar-refractivity contribution in [1.82, 2.24) is 9.78 Å². The first-order valence-electron chi connectivity index (χ1n) is 6.01. The number of hydrogen-bond donors (Lipinski definition) is 2. The Morgan fingerprint density at radius 3 is 2.50 bits per heavy atom. The van der Waals surface area contributed by atoms with Crippen LogP contribution in [0, 0.1) is 13.8 Å². The number of aromatic nitrogens is 2. The smallest absolute Gasteiger partial charge is 0.356 e. The molecule has 6 heteroatoms. The molecule has 1 aromatic heterocycles. The lowest BCUT2D eigenvalue weighted by Gasteiger charge is -2.14. The summed E-state index contributed by atoms with van der Waals surface area (Å²) in [5.41, 5.74) is 2.80. The number of nitrogens with zero attached hydrogens (tertiary/aromatic N) is 2. The summed E-state index contributed by atoms with van der Waals surface area (Å²) in [6, 6.07) is 3.29. The van der Waals surface area contributed by atoms with Crippen molar-refractivity contribution >= 4 is 5.97 Å². The Morgan fingerprint density at radius 1 is 1.35 bits per heavy atom. The van der Waals surface area contributed by atoms with Crippen LogP contribution in [0.2, 0.25) is 0 Å². The van der Waals surface area contributed by atoms with E-state index in [1.54, 1.807) is 27.0 Å². The van der Waals surface area contributed by atoms with Gasteiger partial charge >= 0.3 is 5.97 Å². The monoisotopic (exact) mass is 276 g/mol. The fourth-order valence-corrected chi connectivity index (χ4v) is 2.21. The number of hydrogen-bond acceptors (Lipinski definition) is 4. The Morgan fingerprint density at radius 2 is 2.00 bits per heavy atom. The van der Waals surface area contributed by atoms with E-state index in [9.17, 15) is 9.90 Å². The van der Waals surface area contributed by atoms with Gasteiger partial charge in [0.15, 0.2) is 17.2 Å². The number of carbonyl (C=O) groups is 1. The van der Waals surface area contributed by atoms with E-state index in [0.29, 0.717) is 17.0 Å².